The van der Waals surface area contributed by atoms with Crippen LogP contribution in [0.2, 0.25) is 0 Å². The van der Waals surface area contributed by atoms with Crippen molar-refractivity contribution in [2.24, 2.45) is 0 Å². The Morgan fingerprint density at radius 3 is 2.12 bits per heavy atom. The normalized spacial score (nSPS) is 11.5. The monoisotopic (exact) mass is 453 g/mol. The quantitative estimate of drug-likeness (QED) is 0.266. The largest absolute Gasteiger partial charge is 0.455 e. The first kappa shape index (κ1) is 19.3. The summed E-state index contributed by atoms with van der Waals surface area (Å²) in [5.74, 6) is 0. The van der Waals surface area contributed by atoms with E-state index in [0.717, 1.165) is 49.2 Å². The first-order valence-corrected chi connectivity index (χ1v) is 12.1. The number of para-hydroxylation sites is 1. The van der Waals surface area contributed by atoms with Crippen molar-refractivity contribution in [3.05, 3.63) is 115 Å². The van der Waals surface area contributed by atoms with Gasteiger partial charge in [0.1, 0.15) is 16.2 Å². The summed E-state index contributed by atoms with van der Waals surface area (Å²) in [5, 5.41) is 3.25. The van der Waals surface area contributed by atoms with Crippen LogP contribution in [-0.2, 0) is 0 Å². The van der Waals surface area contributed by atoms with Crippen LogP contribution in [0.3, 0.4) is 0 Å². The van der Waals surface area contributed by atoms with E-state index in [1.807, 2.05) is 12.1 Å². The minimum absolute atomic E-state index is 0.883. The van der Waals surface area contributed by atoms with Gasteiger partial charge in [-0.1, -0.05) is 84.9 Å². The maximum Gasteiger partial charge on any atom is 0.143 e. The minimum Gasteiger partial charge on any atom is -0.455 e. The molecule has 0 saturated heterocycles. The van der Waals surface area contributed by atoms with Gasteiger partial charge in [-0.3, -0.25) is 0 Å². The van der Waals surface area contributed by atoms with Gasteiger partial charge >= 0.3 is 0 Å². The Hall–Kier alpha value is -4.21. The molecule has 2 aromatic heterocycles. The van der Waals surface area contributed by atoms with Crippen LogP contribution in [0.25, 0.3) is 65.0 Å². The second-order valence-corrected chi connectivity index (χ2v) is 9.43. The number of aromatic nitrogens is 1. The number of hydrogen-bond donors (Lipinski definition) is 0. The van der Waals surface area contributed by atoms with Gasteiger partial charge in [-0.2, -0.15) is 0 Å². The predicted molar refractivity (Wildman–Crippen MR) is 143 cm³/mol. The van der Waals surface area contributed by atoms with Gasteiger partial charge in [0.25, 0.3) is 0 Å². The summed E-state index contributed by atoms with van der Waals surface area (Å²) in [7, 11) is 0. The van der Waals surface area contributed by atoms with E-state index in [4.69, 9.17) is 9.40 Å². The Bertz CT molecular complexity index is 1760. The van der Waals surface area contributed by atoms with Crippen LogP contribution in [0.5, 0.6) is 0 Å². The van der Waals surface area contributed by atoms with Crippen LogP contribution >= 0.6 is 11.3 Å². The van der Waals surface area contributed by atoms with E-state index in [1.54, 1.807) is 11.3 Å². The summed E-state index contributed by atoms with van der Waals surface area (Å²) in [5.41, 5.74) is 8.55. The van der Waals surface area contributed by atoms with Crippen molar-refractivity contribution in [2.45, 2.75) is 0 Å². The van der Waals surface area contributed by atoms with Crippen molar-refractivity contribution in [3.8, 4) is 32.8 Å². The molecule has 160 valence electrons. The van der Waals surface area contributed by atoms with Crippen LogP contribution in [-0.4, -0.2) is 4.98 Å². The Morgan fingerprint density at radius 1 is 0.588 bits per heavy atom. The van der Waals surface area contributed by atoms with Crippen LogP contribution < -0.4 is 0 Å². The molecule has 0 spiro atoms. The van der Waals surface area contributed by atoms with Gasteiger partial charge in [0, 0.05) is 21.9 Å². The van der Waals surface area contributed by atoms with Crippen LogP contribution in [0.4, 0.5) is 0 Å². The van der Waals surface area contributed by atoms with Crippen LogP contribution in [0.1, 0.15) is 0 Å². The fraction of sp³-hybridized carbons (Fsp3) is 0. The highest BCUT2D eigenvalue weighted by Gasteiger charge is 2.19. The zero-order chi connectivity index (χ0) is 22.5. The lowest BCUT2D eigenvalue weighted by Gasteiger charge is -2.08. The molecule has 7 rings (SSSR count). The van der Waals surface area contributed by atoms with Crippen molar-refractivity contribution in [1.29, 1.82) is 0 Å². The molecule has 0 fully saturated rings. The van der Waals surface area contributed by atoms with E-state index in [0.29, 0.717) is 0 Å². The van der Waals surface area contributed by atoms with E-state index >= 15 is 0 Å². The van der Waals surface area contributed by atoms with Crippen molar-refractivity contribution < 1.29 is 4.42 Å². The molecule has 0 saturated carbocycles. The van der Waals surface area contributed by atoms with Crippen molar-refractivity contribution in [3.63, 3.8) is 0 Å². The van der Waals surface area contributed by atoms with Gasteiger partial charge in [0.05, 0.1) is 10.2 Å². The average molecular weight is 454 g/mol. The summed E-state index contributed by atoms with van der Waals surface area (Å²) in [6.45, 7) is 0. The number of rotatable bonds is 3. The summed E-state index contributed by atoms with van der Waals surface area (Å²) in [6.07, 6.45) is 0. The van der Waals surface area contributed by atoms with Gasteiger partial charge in [-0.05, 0) is 47.0 Å². The SMILES string of the molecule is c1ccc(-c2cc(-c3ccccc3)c3oc4cccc(-c5nc6ccccc6s5)c4c3c2)cc1. The summed E-state index contributed by atoms with van der Waals surface area (Å²) in [4.78, 5) is 4.96. The second-order valence-electron chi connectivity index (χ2n) is 8.40. The Morgan fingerprint density at radius 2 is 1.32 bits per heavy atom. The van der Waals surface area contributed by atoms with Crippen LogP contribution in [0, 0.1) is 0 Å². The number of fused-ring (bicyclic) bond motifs is 4. The van der Waals surface area contributed by atoms with Crippen molar-refractivity contribution >= 4 is 43.5 Å². The molecule has 0 amide bonds. The predicted octanol–water partition coefficient (Wildman–Crippen LogP) is 9.20. The molecule has 7 aromatic rings. The van der Waals surface area contributed by atoms with Gasteiger partial charge in [0.15, 0.2) is 0 Å². The highest BCUT2D eigenvalue weighted by Crippen LogP contribution is 2.44. The molecule has 2 heterocycles. The first-order chi connectivity index (χ1) is 16.8. The van der Waals surface area contributed by atoms with E-state index in [1.165, 1.54) is 15.8 Å². The number of benzene rings is 5. The Labute approximate surface area is 200 Å². The van der Waals surface area contributed by atoms with E-state index in [9.17, 15) is 0 Å². The molecular formula is C31H19NOS. The number of thiazole rings is 1. The third-order valence-corrected chi connectivity index (χ3v) is 7.38. The van der Waals surface area contributed by atoms with E-state index in [-0.39, 0.29) is 0 Å². The van der Waals surface area contributed by atoms with Crippen molar-refractivity contribution in [2.75, 3.05) is 0 Å². The first-order valence-electron chi connectivity index (χ1n) is 11.3. The second kappa shape index (κ2) is 7.68. The van der Waals surface area contributed by atoms with Gasteiger partial charge < -0.3 is 4.42 Å². The minimum atomic E-state index is 0.883. The summed E-state index contributed by atoms with van der Waals surface area (Å²) in [6, 6.07) is 40.1. The van der Waals surface area contributed by atoms with Gasteiger partial charge in [0.2, 0.25) is 0 Å². The highest BCUT2D eigenvalue weighted by atomic mass is 32.1. The van der Waals surface area contributed by atoms with Crippen LogP contribution in [0.15, 0.2) is 120 Å². The topological polar surface area (TPSA) is 26.0 Å². The number of hydrogen-bond acceptors (Lipinski definition) is 3. The summed E-state index contributed by atoms with van der Waals surface area (Å²) >= 11 is 1.73. The molecule has 0 unspecified atom stereocenters. The highest BCUT2D eigenvalue weighted by molar-refractivity contribution is 7.21. The fourth-order valence-corrected chi connectivity index (χ4v) is 5.72. The summed E-state index contributed by atoms with van der Waals surface area (Å²) < 4.78 is 7.73. The van der Waals surface area contributed by atoms with E-state index in [2.05, 4.69) is 103 Å². The molecule has 0 bridgehead atoms. The smallest absolute Gasteiger partial charge is 0.143 e. The standard InChI is InChI=1S/C31H19NOS/c1-3-10-20(11-4-1)22-18-24(21-12-5-2-6-13-21)30-25(19-22)29-23(14-9-16-27(29)33-30)31-32-26-15-7-8-17-28(26)34-31/h1-19H. The molecular weight excluding hydrogens is 434 g/mol. The molecule has 0 aliphatic rings. The Balaban J connectivity index is 1.58. The lowest BCUT2D eigenvalue weighted by Crippen LogP contribution is -1.84. The molecule has 0 radical (unpaired) electrons. The van der Waals surface area contributed by atoms with E-state index < -0.39 is 0 Å². The zero-order valence-electron chi connectivity index (χ0n) is 18.2. The molecule has 0 N–H and O–H groups in total. The molecule has 3 heteroatoms. The zero-order valence-corrected chi connectivity index (χ0v) is 19.0. The molecule has 5 aromatic carbocycles. The van der Waals surface area contributed by atoms with Crippen molar-refractivity contribution in [1.82, 2.24) is 4.98 Å². The molecule has 34 heavy (non-hydrogen) atoms. The Kier molecular flexibility index (Phi) is 4.36. The fourth-order valence-electron chi connectivity index (χ4n) is 4.72. The number of furan rings is 1. The average Bonchev–Trinajstić information content (AvgIpc) is 3.51. The third kappa shape index (κ3) is 3.06. The van der Waals surface area contributed by atoms with Gasteiger partial charge in [-0.25, -0.2) is 4.98 Å². The third-order valence-electron chi connectivity index (χ3n) is 6.31. The molecule has 2 nitrogen and oxygen atoms in total. The molecule has 0 atom stereocenters. The maximum absolute atomic E-state index is 6.54. The molecule has 0 aliphatic heterocycles. The lowest BCUT2D eigenvalue weighted by molar-refractivity contribution is 0.670. The lowest BCUT2D eigenvalue weighted by atomic mass is 9.95. The number of nitrogens with zero attached hydrogens (tertiary/aromatic N) is 1. The van der Waals surface area contributed by atoms with Gasteiger partial charge in [-0.15, -0.1) is 11.3 Å². The molecule has 0 aliphatic carbocycles. The maximum atomic E-state index is 6.54.